The third-order valence-corrected chi connectivity index (χ3v) is 4.27. The third kappa shape index (κ3) is 4.23. The first-order valence-electron chi connectivity index (χ1n) is 8.52. The zero-order chi connectivity index (χ0) is 19.2. The third-order valence-electron chi connectivity index (χ3n) is 4.27. The van der Waals surface area contributed by atoms with Crippen LogP contribution in [0.25, 0.3) is 11.1 Å². The van der Waals surface area contributed by atoms with E-state index in [2.05, 4.69) is 21.6 Å². The van der Waals surface area contributed by atoms with Crippen LogP contribution in [0.15, 0.2) is 60.7 Å². The fraction of sp³-hybridized carbons (Fsp3) is 0.190. The first kappa shape index (κ1) is 18.4. The summed E-state index contributed by atoms with van der Waals surface area (Å²) in [5, 5.41) is 11.6. The number of methoxy groups -OCH3 is 2. The maximum absolute atomic E-state index is 5.27. The number of nitrogens with zero attached hydrogens (tertiary/aromatic N) is 4. The molecule has 1 aromatic heterocycles. The number of allylic oxidation sites excluding steroid dienone is 3. The summed E-state index contributed by atoms with van der Waals surface area (Å²) in [4.78, 5) is 0. The van der Waals surface area contributed by atoms with E-state index in [0.717, 1.165) is 39.6 Å². The van der Waals surface area contributed by atoms with E-state index in [-0.39, 0.29) is 0 Å². The number of aromatic nitrogens is 4. The minimum absolute atomic E-state index is 0.732. The lowest BCUT2D eigenvalue weighted by Gasteiger charge is -2.10. The molecule has 3 aromatic rings. The molecule has 138 valence electrons. The number of ether oxygens (including phenoxy) is 2. The Labute approximate surface area is 158 Å². The van der Waals surface area contributed by atoms with Crippen LogP contribution < -0.4 is 9.47 Å². The van der Waals surface area contributed by atoms with E-state index in [1.165, 1.54) is 0 Å². The van der Waals surface area contributed by atoms with Gasteiger partial charge in [0.1, 0.15) is 11.5 Å². The molecule has 1 heterocycles. The lowest BCUT2D eigenvalue weighted by Crippen LogP contribution is -1.97. The Kier molecular flexibility index (Phi) is 5.66. The number of benzene rings is 2. The van der Waals surface area contributed by atoms with E-state index in [4.69, 9.17) is 9.47 Å². The molecular formula is C21H22N4O2. The second-order valence-electron chi connectivity index (χ2n) is 6.01. The first-order valence-corrected chi connectivity index (χ1v) is 8.52. The number of hydrogen-bond donors (Lipinski definition) is 0. The molecule has 6 nitrogen and oxygen atoms in total. The van der Waals surface area contributed by atoms with Crippen LogP contribution in [0.1, 0.15) is 23.9 Å². The van der Waals surface area contributed by atoms with Crippen molar-refractivity contribution < 1.29 is 9.47 Å². The van der Waals surface area contributed by atoms with Gasteiger partial charge in [0, 0.05) is 7.05 Å². The van der Waals surface area contributed by atoms with E-state index in [9.17, 15) is 0 Å². The molecule has 0 aliphatic carbocycles. The Morgan fingerprint density at radius 2 is 1.37 bits per heavy atom. The monoisotopic (exact) mass is 362 g/mol. The molecule has 0 amide bonds. The fourth-order valence-corrected chi connectivity index (χ4v) is 2.75. The van der Waals surface area contributed by atoms with Gasteiger partial charge in [-0.05, 0) is 63.9 Å². The summed E-state index contributed by atoms with van der Waals surface area (Å²) < 4.78 is 12.2. The van der Waals surface area contributed by atoms with Crippen molar-refractivity contribution in [2.24, 2.45) is 7.05 Å². The Bertz CT molecular complexity index is 905. The van der Waals surface area contributed by atoms with Crippen molar-refractivity contribution in [3.63, 3.8) is 0 Å². The van der Waals surface area contributed by atoms with Gasteiger partial charge in [0.25, 0.3) is 0 Å². The average Bonchev–Trinajstić information content (AvgIpc) is 3.15. The minimum Gasteiger partial charge on any atom is -0.497 e. The highest BCUT2D eigenvalue weighted by atomic mass is 16.5. The SMILES string of the molecule is COc1ccc(C(=CC=C(C)c2nnnn2C)c2ccc(OC)cc2)cc1. The normalized spacial score (nSPS) is 11.2. The smallest absolute Gasteiger partial charge is 0.177 e. The van der Waals surface area contributed by atoms with Crippen LogP contribution in [0.3, 0.4) is 0 Å². The second kappa shape index (κ2) is 8.31. The van der Waals surface area contributed by atoms with Gasteiger partial charge in [-0.3, -0.25) is 0 Å². The van der Waals surface area contributed by atoms with E-state index in [0.29, 0.717) is 0 Å². The van der Waals surface area contributed by atoms with Crippen LogP contribution in [0.2, 0.25) is 0 Å². The van der Waals surface area contributed by atoms with Crippen molar-refractivity contribution in [1.82, 2.24) is 20.2 Å². The molecule has 0 fully saturated rings. The summed E-state index contributed by atoms with van der Waals surface area (Å²) in [6, 6.07) is 16.0. The number of aryl methyl sites for hydroxylation is 1. The van der Waals surface area contributed by atoms with Gasteiger partial charge in [-0.2, -0.15) is 0 Å². The van der Waals surface area contributed by atoms with Crippen molar-refractivity contribution >= 4 is 11.1 Å². The lowest BCUT2D eigenvalue weighted by molar-refractivity contribution is 0.414. The predicted octanol–water partition coefficient (Wildman–Crippen LogP) is 3.76. The van der Waals surface area contributed by atoms with Gasteiger partial charge in [-0.1, -0.05) is 36.4 Å². The molecule has 0 N–H and O–H groups in total. The van der Waals surface area contributed by atoms with E-state index >= 15 is 0 Å². The van der Waals surface area contributed by atoms with Gasteiger partial charge >= 0.3 is 0 Å². The maximum atomic E-state index is 5.27. The second-order valence-corrected chi connectivity index (χ2v) is 6.01. The van der Waals surface area contributed by atoms with E-state index < -0.39 is 0 Å². The zero-order valence-corrected chi connectivity index (χ0v) is 15.9. The molecule has 0 saturated carbocycles. The van der Waals surface area contributed by atoms with E-state index in [1.54, 1.807) is 18.9 Å². The van der Waals surface area contributed by atoms with Crippen molar-refractivity contribution in [2.45, 2.75) is 6.92 Å². The average molecular weight is 362 g/mol. The molecule has 0 spiro atoms. The maximum Gasteiger partial charge on any atom is 0.177 e. The molecule has 2 aromatic carbocycles. The van der Waals surface area contributed by atoms with Gasteiger partial charge in [-0.25, -0.2) is 4.68 Å². The van der Waals surface area contributed by atoms with Gasteiger partial charge in [0.15, 0.2) is 5.82 Å². The van der Waals surface area contributed by atoms with E-state index in [1.807, 2.05) is 68.6 Å². The van der Waals surface area contributed by atoms with Crippen molar-refractivity contribution in [3.05, 3.63) is 77.6 Å². The molecule has 0 aliphatic rings. The van der Waals surface area contributed by atoms with Gasteiger partial charge in [0.05, 0.1) is 14.2 Å². The summed E-state index contributed by atoms with van der Waals surface area (Å²) in [5.74, 6) is 2.38. The highest BCUT2D eigenvalue weighted by Gasteiger charge is 2.07. The summed E-state index contributed by atoms with van der Waals surface area (Å²) in [6.45, 7) is 1.99. The summed E-state index contributed by atoms with van der Waals surface area (Å²) in [7, 11) is 5.15. The number of tetrazole rings is 1. The highest BCUT2D eigenvalue weighted by molar-refractivity contribution is 5.82. The molecule has 0 unspecified atom stereocenters. The van der Waals surface area contributed by atoms with Crippen molar-refractivity contribution in [2.75, 3.05) is 14.2 Å². The predicted molar refractivity (Wildman–Crippen MR) is 106 cm³/mol. The molecule has 3 rings (SSSR count). The van der Waals surface area contributed by atoms with Gasteiger partial charge in [0.2, 0.25) is 0 Å². The topological polar surface area (TPSA) is 62.1 Å². The molecule has 0 radical (unpaired) electrons. The molecule has 0 saturated heterocycles. The van der Waals surface area contributed by atoms with Crippen LogP contribution in [0, 0.1) is 0 Å². The van der Waals surface area contributed by atoms with Crippen molar-refractivity contribution in [3.8, 4) is 11.5 Å². The van der Waals surface area contributed by atoms with Crippen LogP contribution in [-0.4, -0.2) is 34.4 Å². The largest absolute Gasteiger partial charge is 0.497 e. The molecule has 0 bridgehead atoms. The molecular weight excluding hydrogens is 340 g/mol. The Hall–Kier alpha value is -3.41. The number of rotatable bonds is 6. The van der Waals surface area contributed by atoms with Crippen LogP contribution in [0.4, 0.5) is 0 Å². The minimum atomic E-state index is 0.732. The highest BCUT2D eigenvalue weighted by Crippen LogP contribution is 2.27. The molecule has 0 aliphatic heterocycles. The van der Waals surface area contributed by atoms with Crippen molar-refractivity contribution in [1.29, 1.82) is 0 Å². The first-order chi connectivity index (χ1) is 13.1. The standard InChI is InChI=1S/C21H22N4O2/c1-15(21-22-23-24-25(21)2)5-14-20(16-6-10-18(26-3)11-7-16)17-8-12-19(27-4)13-9-17/h5-14H,1-4H3. The fourth-order valence-electron chi connectivity index (χ4n) is 2.75. The van der Waals surface area contributed by atoms with Gasteiger partial charge < -0.3 is 9.47 Å². The summed E-state index contributed by atoms with van der Waals surface area (Å²) >= 11 is 0. The van der Waals surface area contributed by atoms with Crippen LogP contribution >= 0.6 is 0 Å². The summed E-state index contributed by atoms with van der Waals surface area (Å²) in [5.41, 5.74) is 4.22. The molecule has 0 atom stereocenters. The Balaban J connectivity index is 2.03. The number of hydrogen-bond acceptors (Lipinski definition) is 5. The lowest BCUT2D eigenvalue weighted by atomic mass is 9.97. The van der Waals surface area contributed by atoms with Crippen LogP contribution in [0.5, 0.6) is 11.5 Å². The Morgan fingerprint density at radius 3 is 1.78 bits per heavy atom. The Morgan fingerprint density at radius 1 is 0.852 bits per heavy atom. The van der Waals surface area contributed by atoms with Gasteiger partial charge in [-0.15, -0.1) is 5.10 Å². The summed E-state index contributed by atoms with van der Waals surface area (Å²) in [6.07, 6.45) is 4.10. The molecule has 27 heavy (non-hydrogen) atoms. The van der Waals surface area contributed by atoms with Crippen LogP contribution in [-0.2, 0) is 7.05 Å². The molecule has 6 heteroatoms. The zero-order valence-electron chi connectivity index (χ0n) is 15.9. The quantitative estimate of drug-likeness (QED) is 0.625.